The minimum absolute atomic E-state index is 0.188. The standard InChI is InChI=1S/C28H49NO11/c1-2-5-28(30)40-25-23-38-21-19-36-17-15-34-13-11-32-9-8-31-10-12-33-14-16-35-18-20-37-22-24-39-27-7-4-3-6-26(27)29/h3-4,6-7H,2,5,8-25,29H2,1H3. The molecule has 1 aromatic carbocycles. The lowest BCUT2D eigenvalue weighted by Gasteiger charge is -2.09. The van der Waals surface area contributed by atoms with Crippen LogP contribution in [0, 0.1) is 0 Å². The molecule has 2 N–H and O–H groups in total. The normalized spacial score (nSPS) is 11.1. The Morgan fingerprint density at radius 1 is 0.550 bits per heavy atom. The van der Waals surface area contributed by atoms with Crippen LogP contribution in [0.3, 0.4) is 0 Å². The van der Waals surface area contributed by atoms with Gasteiger partial charge in [0.05, 0.1) is 111 Å². The van der Waals surface area contributed by atoms with E-state index < -0.39 is 0 Å². The first-order chi connectivity index (χ1) is 19.7. The zero-order chi connectivity index (χ0) is 28.8. The van der Waals surface area contributed by atoms with E-state index in [0.717, 1.165) is 6.42 Å². The van der Waals surface area contributed by atoms with Gasteiger partial charge >= 0.3 is 5.97 Å². The number of nitrogens with two attached hydrogens (primary N) is 1. The molecular weight excluding hydrogens is 526 g/mol. The third kappa shape index (κ3) is 23.8. The average molecular weight is 576 g/mol. The largest absolute Gasteiger partial charge is 0.489 e. The van der Waals surface area contributed by atoms with Gasteiger partial charge < -0.3 is 53.1 Å². The van der Waals surface area contributed by atoms with Crippen LogP contribution in [0.25, 0.3) is 0 Å². The Kier molecular flexibility index (Phi) is 25.6. The molecule has 0 heterocycles. The first-order valence-electron chi connectivity index (χ1n) is 14.0. The van der Waals surface area contributed by atoms with Gasteiger partial charge in [-0.05, 0) is 18.6 Å². The minimum atomic E-state index is -0.188. The van der Waals surface area contributed by atoms with Gasteiger partial charge in [-0.2, -0.15) is 0 Å². The number of para-hydroxylation sites is 2. The van der Waals surface area contributed by atoms with Crippen molar-refractivity contribution in [1.82, 2.24) is 0 Å². The van der Waals surface area contributed by atoms with Crippen LogP contribution in [-0.4, -0.2) is 125 Å². The van der Waals surface area contributed by atoms with Crippen molar-refractivity contribution >= 4 is 11.7 Å². The first kappa shape index (κ1) is 36.0. The summed E-state index contributed by atoms with van der Waals surface area (Å²) in [7, 11) is 0. The van der Waals surface area contributed by atoms with Gasteiger partial charge in [-0.15, -0.1) is 0 Å². The molecule has 0 saturated carbocycles. The lowest BCUT2D eigenvalue weighted by Crippen LogP contribution is -2.15. The summed E-state index contributed by atoms with van der Waals surface area (Å²) in [5.74, 6) is 0.478. The Morgan fingerprint density at radius 3 is 1.27 bits per heavy atom. The number of benzene rings is 1. The summed E-state index contributed by atoms with van der Waals surface area (Å²) in [4.78, 5) is 11.2. The van der Waals surface area contributed by atoms with E-state index in [1.165, 1.54) is 0 Å². The number of rotatable bonds is 30. The predicted octanol–water partition coefficient (Wildman–Crippen LogP) is 2.12. The maximum absolute atomic E-state index is 11.2. The van der Waals surface area contributed by atoms with Crippen molar-refractivity contribution in [2.45, 2.75) is 19.8 Å². The van der Waals surface area contributed by atoms with Gasteiger partial charge in [0.2, 0.25) is 0 Å². The molecular formula is C28H49NO11. The highest BCUT2D eigenvalue weighted by Crippen LogP contribution is 2.19. The Balaban J connectivity index is 1.66. The van der Waals surface area contributed by atoms with Gasteiger partial charge in [0.1, 0.15) is 19.0 Å². The van der Waals surface area contributed by atoms with Crippen molar-refractivity contribution in [3.05, 3.63) is 24.3 Å². The average Bonchev–Trinajstić information content (AvgIpc) is 2.95. The molecule has 0 unspecified atom stereocenters. The molecule has 0 spiro atoms. The number of carbonyl (C=O) groups excluding carboxylic acids is 1. The van der Waals surface area contributed by atoms with Gasteiger partial charge in [0.15, 0.2) is 0 Å². The summed E-state index contributed by atoms with van der Waals surface area (Å²) in [6.45, 7) is 10.4. The van der Waals surface area contributed by atoms with Crippen LogP contribution in [0.2, 0.25) is 0 Å². The van der Waals surface area contributed by atoms with Gasteiger partial charge in [0.25, 0.3) is 0 Å². The van der Waals surface area contributed by atoms with E-state index in [0.29, 0.717) is 130 Å². The van der Waals surface area contributed by atoms with Crippen LogP contribution in [0.4, 0.5) is 5.69 Å². The minimum Gasteiger partial charge on any atom is -0.489 e. The third-order valence-corrected chi connectivity index (χ3v) is 4.95. The molecule has 0 aliphatic rings. The van der Waals surface area contributed by atoms with Crippen LogP contribution in [0.15, 0.2) is 24.3 Å². The van der Waals surface area contributed by atoms with E-state index in [1.54, 1.807) is 6.07 Å². The number of carbonyl (C=O) groups is 1. The van der Waals surface area contributed by atoms with Crippen molar-refractivity contribution in [1.29, 1.82) is 0 Å². The van der Waals surface area contributed by atoms with Crippen LogP contribution >= 0.6 is 0 Å². The second-order valence-corrected chi connectivity index (χ2v) is 8.26. The lowest BCUT2D eigenvalue weighted by molar-refractivity contribution is -0.145. The molecule has 12 nitrogen and oxygen atoms in total. The van der Waals surface area contributed by atoms with E-state index in [1.807, 2.05) is 25.1 Å². The van der Waals surface area contributed by atoms with Crippen LogP contribution in [0.1, 0.15) is 19.8 Å². The van der Waals surface area contributed by atoms with Gasteiger partial charge in [-0.1, -0.05) is 19.1 Å². The Bertz CT molecular complexity index is 696. The third-order valence-electron chi connectivity index (χ3n) is 4.95. The highest BCUT2D eigenvalue weighted by Gasteiger charge is 2.00. The van der Waals surface area contributed by atoms with E-state index in [4.69, 9.17) is 53.1 Å². The monoisotopic (exact) mass is 575 g/mol. The number of hydrogen-bond donors (Lipinski definition) is 1. The molecule has 0 atom stereocenters. The zero-order valence-electron chi connectivity index (χ0n) is 24.0. The number of hydrogen-bond acceptors (Lipinski definition) is 12. The van der Waals surface area contributed by atoms with Crippen molar-refractivity contribution in [2.75, 3.05) is 125 Å². The van der Waals surface area contributed by atoms with E-state index in [2.05, 4.69) is 0 Å². The van der Waals surface area contributed by atoms with Crippen molar-refractivity contribution in [3.8, 4) is 5.75 Å². The summed E-state index contributed by atoms with van der Waals surface area (Å²) < 4.78 is 54.0. The molecule has 0 aliphatic carbocycles. The van der Waals surface area contributed by atoms with Gasteiger partial charge in [-0.25, -0.2) is 0 Å². The summed E-state index contributed by atoms with van der Waals surface area (Å²) in [6.07, 6.45) is 1.23. The first-order valence-corrected chi connectivity index (χ1v) is 14.0. The lowest BCUT2D eigenvalue weighted by atomic mass is 10.3. The highest BCUT2D eigenvalue weighted by atomic mass is 16.6. The Labute approximate surface area is 238 Å². The molecule has 0 aliphatic heterocycles. The SMILES string of the molecule is CCCC(=O)OCCOCCOCCOCCOCCOCCOCCOCCOCCOc1ccccc1N. The molecule has 0 amide bonds. The summed E-state index contributed by atoms with van der Waals surface area (Å²) in [5.41, 5.74) is 6.42. The van der Waals surface area contributed by atoms with Crippen molar-refractivity contribution < 1.29 is 52.2 Å². The maximum Gasteiger partial charge on any atom is 0.305 e. The van der Waals surface area contributed by atoms with E-state index in [9.17, 15) is 4.79 Å². The van der Waals surface area contributed by atoms with Gasteiger partial charge in [0, 0.05) is 6.42 Å². The second kappa shape index (κ2) is 28.5. The molecule has 0 aromatic heterocycles. The summed E-state index contributed by atoms with van der Waals surface area (Å²) in [6, 6.07) is 7.37. The van der Waals surface area contributed by atoms with Crippen molar-refractivity contribution in [3.63, 3.8) is 0 Å². The molecule has 1 rings (SSSR count). The number of nitrogen functional groups attached to an aromatic ring is 1. The molecule has 0 fully saturated rings. The zero-order valence-corrected chi connectivity index (χ0v) is 24.0. The summed E-state index contributed by atoms with van der Waals surface area (Å²) >= 11 is 0. The molecule has 0 radical (unpaired) electrons. The molecule has 0 bridgehead atoms. The number of ether oxygens (including phenoxy) is 10. The fraction of sp³-hybridized carbons (Fsp3) is 0.750. The number of esters is 1. The fourth-order valence-corrected chi connectivity index (χ4v) is 2.95. The maximum atomic E-state index is 11.2. The van der Waals surface area contributed by atoms with Crippen molar-refractivity contribution in [2.24, 2.45) is 0 Å². The molecule has 12 heteroatoms. The number of anilines is 1. The smallest absolute Gasteiger partial charge is 0.305 e. The van der Waals surface area contributed by atoms with Crippen LogP contribution in [0.5, 0.6) is 5.75 Å². The summed E-state index contributed by atoms with van der Waals surface area (Å²) in [5, 5.41) is 0. The Hall–Kier alpha value is -2.03. The topological polar surface area (TPSA) is 135 Å². The van der Waals surface area contributed by atoms with Crippen LogP contribution in [-0.2, 0) is 47.4 Å². The quantitative estimate of drug-likeness (QED) is 0.0818. The second-order valence-electron chi connectivity index (χ2n) is 8.26. The molecule has 1 aromatic rings. The molecule has 0 saturated heterocycles. The Morgan fingerprint density at radius 2 is 0.900 bits per heavy atom. The molecule has 232 valence electrons. The van der Waals surface area contributed by atoms with E-state index >= 15 is 0 Å². The fourth-order valence-electron chi connectivity index (χ4n) is 2.95. The van der Waals surface area contributed by atoms with Crippen LogP contribution < -0.4 is 10.5 Å². The predicted molar refractivity (Wildman–Crippen MR) is 149 cm³/mol. The van der Waals surface area contributed by atoms with E-state index in [-0.39, 0.29) is 12.6 Å². The molecule has 40 heavy (non-hydrogen) atoms. The highest BCUT2D eigenvalue weighted by molar-refractivity contribution is 5.69. The van der Waals surface area contributed by atoms with Gasteiger partial charge in [-0.3, -0.25) is 4.79 Å².